The number of nitrogens with two attached hydrogens (primary N) is 1. The minimum absolute atomic E-state index is 0.828. The molecule has 0 saturated heterocycles. The van der Waals surface area contributed by atoms with E-state index in [0.717, 1.165) is 11.3 Å². The van der Waals surface area contributed by atoms with Gasteiger partial charge in [0, 0.05) is 27.5 Å². The molecule has 0 radical (unpaired) electrons. The van der Waals surface area contributed by atoms with Crippen LogP contribution in [-0.2, 0) is 0 Å². The lowest BCUT2D eigenvalue weighted by Crippen LogP contribution is -1.97. The Morgan fingerprint density at radius 1 is 0.833 bits per heavy atom. The van der Waals surface area contributed by atoms with Crippen LogP contribution in [0.15, 0.2) is 42.5 Å². The Bertz CT molecular complexity index is 1100. The summed E-state index contributed by atoms with van der Waals surface area (Å²) in [5.41, 5.74) is 17.1. The molecule has 0 saturated carbocycles. The second-order valence-electron chi connectivity index (χ2n) is 6.76. The van der Waals surface area contributed by atoms with Crippen molar-refractivity contribution >= 4 is 27.5 Å². The lowest BCUT2D eigenvalue weighted by atomic mass is 9.88. The van der Waals surface area contributed by atoms with E-state index >= 15 is 0 Å². The molecule has 4 rings (SSSR count). The van der Waals surface area contributed by atoms with Crippen LogP contribution < -0.4 is 5.73 Å². The Morgan fingerprint density at radius 3 is 2.33 bits per heavy atom. The molecule has 3 aromatic carbocycles. The predicted molar refractivity (Wildman–Crippen MR) is 105 cm³/mol. The number of fused-ring (bicyclic) bond motifs is 3. The molecule has 1 heterocycles. The molecule has 0 amide bonds. The van der Waals surface area contributed by atoms with Crippen molar-refractivity contribution < 1.29 is 0 Å². The number of para-hydroxylation sites is 1. The molecule has 120 valence electrons. The van der Waals surface area contributed by atoms with E-state index < -0.39 is 0 Å². The average Bonchev–Trinajstić information content (AvgIpc) is 2.93. The zero-order chi connectivity index (χ0) is 17.0. The van der Waals surface area contributed by atoms with E-state index in [2.05, 4.69) is 63.0 Å². The summed E-state index contributed by atoms with van der Waals surface area (Å²) in [6.45, 7) is 8.76. The molecule has 0 aliphatic carbocycles. The topological polar surface area (TPSA) is 41.8 Å². The highest BCUT2D eigenvalue weighted by molar-refractivity contribution is 6.12. The fourth-order valence-corrected chi connectivity index (χ4v) is 3.89. The number of anilines is 1. The van der Waals surface area contributed by atoms with Crippen LogP contribution in [0, 0.1) is 27.7 Å². The Balaban J connectivity index is 2.19. The summed E-state index contributed by atoms with van der Waals surface area (Å²) in [5, 5.41) is 2.64. The highest BCUT2D eigenvalue weighted by Crippen LogP contribution is 2.40. The number of aromatic amines is 1. The van der Waals surface area contributed by atoms with E-state index in [0.29, 0.717) is 0 Å². The van der Waals surface area contributed by atoms with Crippen LogP contribution in [0.3, 0.4) is 0 Å². The standard InChI is InChI=1S/C22H22N2/c1-12-9-10-19-17(11-12)21-14(3)13(2)20(15(4)22(21)24-19)16-7-5-6-8-18(16)23/h5-11,24H,23H2,1-4H3. The van der Waals surface area contributed by atoms with Gasteiger partial charge in [0.25, 0.3) is 0 Å². The number of aryl methyl sites for hydroxylation is 3. The molecule has 2 nitrogen and oxygen atoms in total. The molecule has 0 aliphatic heterocycles. The highest BCUT2D eigenvalue weighted by atomic mass is 14.7. The summed E-state index contributed by atoms with van der Waals surface area (Å²) in [5.74, 6) is 0. The van der Waals surface area contributed by atoms with Crippen LogP contribution in [0.4, 0.5) is 5.69 Å². The highest BCUT2D eigenvalue weighted by Gasteiger charge is 2.18. The molecule has 0 fully saturated rings. The van der Waals surface area contributed by atoms with Gasteiger partial charge in [-0.15, -0.1) is 0 Å². The van der Waals surface area contributed by atoms with E-state index in [1.54, 1.807) is 0 Å². The summed E-state index contributed by atoms with van der Waals surface area (Å²) in [7, 11) is 0. The molecule has 24 heavy (non-hydrogen) atoms. The lowest BCUT2D eigenvalue weighted by molar-refractivity contribution is 1.33. The van der Waals surface area contributed by atoms with Crippen molar-refractivity contribution in [2.45, 2.75) is 27.7 Å². The van der Waals surface area contributed by atoms with Crippen LogP contribution in [0.2, 0.25) is 0 Å². The molecular weight excluding hydrogens is 292 g/mol. The normalized spacial score (nSPS) is 11.5. The molecule has 3 N–H and O–H groups in total. The number of benzene rings is 3. The number of nitrogen functional groups attached to an aromatic ring is 1. The third kappa shape index (κ3) is 1.96. The third-order valence-corrected chi connectivity index (χ3v) is 5.25. The van der Waals surface area contributed by atoms with E-state index in [1.807, 2.05) is 12.1 Å². The van der Waals surface area contributed by atoms with Crippen molar-refractivity contribution in [3.63, 3.8) is 0 Å². The van der Waals surface area contributed by atoms with Gasteiger partial charge >= 0.3 is 0 Å². The van der Waals surface area contributed by atoms with E-state index in [1.165, 1.54) is 49.6 Å². The summed E-state index contributed by atoms with van der Waals surface area (Å²) in [6, 6.07) is 14.7. The Hall–Kier alpha value is -2.74. The molecule has 0 atom stereocenters. The van der Waals surface area contributed by atoms with Gasteiger partial charge in [-0.05, 0) is 68.1 Å². The van der Waals surface area contributed by atoms with Gasteiger partial charge in [-0.3, -0.25) is 0 Å². The maximum atomic E-state index is 6.27. The number of hydrogen-bond acceptors (Lipinski definition) is 1. The first kappa shape index (κ1) is 14.8. The van der Waals surface area contributed by atoms with Crippen molar-refractivity contribution in [2.75, 3.05) is 5.73 Å². The Labute approximate surface area is 142 Å². The maximum Gasteiger partial charge on any atom is 0.0503 e. The molecule has 1 aromatic heterocycles. The molecule has 4 aromatic rings. The molecule has 0 unspecified atom stereocenters. The van der Waals surface area contributed by atoms with Crippen molar-refractivity contribution in [1.29, 1.82) is 0 Å². The summed E-state index contributed by atoms with van der Waals surface area (Å²) >= 11 is 0. The van der Waals surface area contributed by atoms with E-state index in [9.17, 15) is 0 Å². The second kappa shape index (κ2) is 5.13. The predicted octanol–water partition coefficient (Wildman–Crippen LogP) is 5.80. The minimum Gasteiger partial charge on any atom is -0.398 e. The van der Waals surface area contributed by atoms with Gasteiger partial charge in [-0.1, -0.05) is 29.8 Å². The molecular formula is C22H22N2. The SMILES string of the molecule is Cc1ccc2[nH]c3c(C)c(-c4ccccc4N)c(C)c(C)c3c2c1. The second-order valence-corrected chi connectivity index (χ2v) is 6.76. The van der Waals surface area contributed by atoms with E-state index in [-0.39, 0.29) is 0 Å². The van der Waals surface area contributed by atoms with Gasteiger partial charge in [-0.25, -0.2) is 0 Å². The smallest absolute Gasteiger partial charge is 0.0503 e. The van der Waals surface area contributed by atoms with Gasteiger partial charge in [0.2, 0.25) is 0 Å². The van der Waals surface area contributed by atoms with Gasteiger partial charge in [0.05, 0.1) is 5.52 Å². The zero-order valence-corrected chi connectivity index (χ0v) is 14.6. The number of hydrogen-bond donors (Lipinski definition) is 2. The van der Waals surface area contributed by atoms with Gasteiger partial charge in [0.1, 0.15) is 0 Å². The van der Waals surface area contributed by atoms with Crippen LogP contribution in [0.25, 0.3) is 32.9 Å². The van der Waals surface area contributed by atoms with Gasteiger partial charge in [-0.2, -0.15) is 0 Å². The van der Waals surface area contributed by atoms with Crippen molar-refractivity contribution in [3.05, 3.63) is 64.7 Å². The molecule has 0 spiro atoms. The fraction of sp³-hybridized carbons (Fsp3) is 0.182. The molecule has 2 heteroatoms. The molecule has 0 aliphatic rings. The number of nitrogens with one attached hydrogen (secondary N) is 1. The van der Waals surface area contributed by atoms with Gasteiger partial charge < -0.3 is 10.7 Å². The van der Waals surface area contributed by atoms with Crippen LogP contribution in [0.5, 0.6) is 0 Å². The average molecular weight is 314 g/mol. The molecule has 0 bridgehead atoms. The van der Waals surface area contributed by atoms with Crippen molar-refractivity contribution in [2.24, 2.45) is 0 Å². The summed E-state index contributed by atoms with van der Waals surface area (Å²) in [6.07, 6.45) is 0. The van der Waals surface area contributed by atoms with E-state index in [4.69, 9.17) is 5.73 Å². The minimum atomic E-state index is 0.828. The quantitative estimate of drug-likeness (QED) is 0.428. The first-order valence-electron chi connectivity index (χ1n) is 8.35. The zero-order valence-electron chi connectivity index (χ0n) is 14.6. The van der Waals surface area contributed by atoms with Crippen molar-refractivity contribution in [1.82, 2.24) is 4.98 Å². The number of rotatable bonds is 1. The van der Waals surface area contributed by atoms with Crippen LogP contribution in [0.1, 0.15) is 22.3 Å². The first-order valence-corrected chi connectivity index (χ1v) is 8.35. The monoisotopic (exact) mass is 314 g/mol. The Kier molecular flexibility index (Phi) is 3.17. The first-order chi connectivity index (χ1) is 11.5. The largest absolute Gasteiger partial charge is 0.398 e. The van der Waals surface area contributed by atoms with Gasteiger partial charge in [0.15, 0.2) is 0 Å². The fourth-order valence-electron chi connectivity index (χ4n) is 3.89. The van der Waals surface area contributed by atoms with Crippen LogP contribution in [-0.4, -0.2) is 4.98 Å². The Morgan fingerprint density at radius 2 is 1.58 bits per heavy atom. The maximum absolute atomic E-state index is 6.27. The third-order valence-electron chi connectivity index (χ3n) is 5.25. The number of aromatic nitrogens is 1. The summed E-state index contributed by atoms with van der Waals surface area (Å²) in [4.78, 5) is 3.63. The van der Waals surface area contributed by atoms with Crippen molar-refractivity contribution in [3.8, 4) is 11.1 Å². The number of H-pyrrole nitrogens is 1. The summed E-state index contributed by atoms with van der Waals surface area (Å²) < 4.78 is 0. The lowest BCUT2D eigenvalue weighted by Gasteiger charge is -2.16. The van der Waals surface area contributed by atoms with Crippen LogP contribution >= 0.6 is 0 Å².